The molecule has 1 rings (SSSR count). The molecule has 8 heteroatoms. The lowest BCUT2D eigenvalue weighted by molar-refractivity contribution is -0.144. The average Bonchev–Trinajstić information content (AvgIpc) is 2.26. The zero-order valence-electron chi connectivity index (χ0n) is 6.76. The van der Waals surface area contributed by atoms with Crippen molar-refractivity contribution in [2.75, 3.05) is 0 Å². The van der Waals surface area contributed by atoms with Crippen molar-refractivity contribution in [1.29, 1.82) is 0 Å². The lowest BCUT2D eigenvalue weighted by Crippen LogP contribution is -2.12. The first-order chi connectivity index (χ1) is 6.38. The highest BCUT2D eigenvalue weighted by Crippen LogP contribution is 2.38. The summed E-state index contributed by atoms with van der Waals surface area (Å²) in [7, 11) is 1.11. The van der Waals surface area contributed by atoms with Crippen LogP contribution in [0.15, 0.2) is 9.47 Å². The highest BCUT2D eigenvalue weighted by molar-refractivity contribution is 9.10. The molecule has 0 radical (unpaired) electrons. The van der Waals surface area contributed by atoms with Crippen molar-refractivity contribution in [2.45, 2.75) is 6.18 Å². The van der Waals surface area contributed by atoms with Crippen LogP contribution in [-0.2, 0) is 18.0 Å². The van der Waals surface area contributed by atoms with Crippen molar-refractivity contribution in [3.63, 3.8) is 0 Å². The maximum Gasteiger partial charge on any atom is 0.434 e. The highest BCUT2D eigenvalue weighted by Gasteiger charge is 2.38. The van der Waals surface area contributed by atoms with Gasteiger partial charge < -0.3 is 0 Å². The van der Waals surface area contributed by atoms with E-state index in [2.05, 4.69) is 26.0 Å². The third-order valence-electron chi connectivity index (χ3n) is 1.39. The van der Waals surface area contributed by atoms with E-state index in [4.69, 9.17) is 0 Å². The van der Waals surface area contributed by atoms with Gasteiger partial charge in [-0.1, -0.05) is 0 Å². The maximum atomic E-state index is 12.3. The Labute approximate surface area is 84.6 Å². The van der Waals surface area contributed by atoms with Gasteiger partial charge in [-0.2, -0.15) is 18.3 Å². The largest absolute Gasteiger partial charge is 0.434 e. The number of isocyanates is 1. The summed E-state index contributed by atoms with van der Waals surface area (Å²) in [5.74, 6) is -0.338. The van der Waals surface area contributed by atoms with Crippen molar-refractivity contribution >= 4 is 27.8 Å². The second-order valence-electron chi connectivity index (χ2n) is 2.31. The number of halogens is 4. The Morgan fingerprint density at radius 2 is 2.14 bits per heavy atom. The second-order valence-corrected chi connectivity index (χ2v) is 3.10. The molecule has 14 heavy (non-hydrogen) atoms. The van der Waals surface area contributed by atoms with Crippen LogP contribution in [0.25, 0.3) is 0 Å². The summed E-state index contributed by atoms with van der Waals surface area (Å²) in [6.07, 6.45) is -3.43. The molecule has 0 saturated carbocycles. The molecule has 0 bridgehead atoms. The van der Waals surface area contributed by atoms with E-state index in [9.17, 15) is 18.0 Å². The monoisotopic (exact) mass is 269 g/mol. The summed E-state index contributed by atoms with van der Waals surface area (Å²) in [5.41, 5.74) is -0.994. The molecule has 0 N–H and O–H groups in total. The normalized spacial score (nSPS) is 11.2. The molecule has 0 aliphatic heterocycles. The number of hydrogen-bond acceptors (Lipinski definition) is 3. The van der Waals surface area contributed by atoms with Crippen molar-refractivity contribution < 1.29 is 18.0 Å². The van der Waals surface area contributed by atoms with E-state index in [1.165, 1.54) is 0 Å². The van der Waals surface area contributed by atoms with Gasteiger partial charge in [0, 0.05) is 7.05 Å². The summed E-state index contributed by atoms with van der Waals surface area (Å²) < 4.78 is 37.2. The Hall–Kier alpha value is -1.14. The lowest BCUT2D eigenvalue weighted by Gasteiger charge is -2.05. The van der Waals surface area contributed by atoms with E-state index in [0.717, 1.165) is 13.1 Å². The molecule has 1 aromatic rings. The summed E-state index contributed by atoms with van der Waals surface area (Å²) >= 11 is 2.66. The molecule has 0 aliphatic rings. The maximum absolute atomic E-state index is 12.3. The van der Waals surface area contributed by atoms with Gasteiger partial charge in [0.2, 0.25) is 11.9 Å². The first-order valence-corrected chi connectivity index (χ1v) is 4.04. The number of aryl methyl sites for hydroxylation is 1. The molecule has 0 unspecified atom stereocenters. The minimum absolute atomic E-state index is 0.338. The van der Waals surface area contributed by atoms with E-state index in [1.807, 2.05) is 0 Å². The summed E-state index contributed by atoms with van der Waals surface area (Å²) in [4.78, 5) is 12.9. The SMILES string of the molecule is Cn1nc(N=C=O)c(Br)c1C(F)(F)F. The number of rotatable bonds is 1. The standard InChI is InChI=1S/C6H3BrF3N3O/c1-13-4(6(8,9)10)3(7)5(12-13)11-2-14/h1H3. The number of alkyl halides is 3. The van der Waals surface area contributed by atoms with E-state index in [-0.39, 0.29) is 10.3 Å². The van der Waals surface area contributed by atoms with Gasteiger partial charge in [-0.15, -0.1) is 4.99 Å². The Morgan fingerprint density at radius 3 is 2.50 bits per heavy atom. The van der Waals surface area contributed by atoms with Crippen LogP contribution in [0.1, 0.15) is 5.69 Å². The third-order valence-corrected chi connectivity index (χ3v) is 2.12. The summed E-state index contributed by atoms with van der Waals surface area (Å²) in [5, 5.41) is 3.39. The van der Waals surface area contributed by atoms with Crippen LogP contribution in [0.2, 0.25) is 0 Å². The number of aromatic nitrogens is 2. The van der Waals surface area contributed by atoms with Crippen LogP contribution in [-0.4, -0.2) is 15.9 Å². The number of hydrogen-bond donors (Lipinski definition) is 0. The van der Waals surface area contributed by atoms with Crippen LogP contribution >= 0.6 is 15.9 Å². The van der Waals surface area contributed by atoms with Gasteiger partial charge >= 0.3 is 6.18 Å². The van der Waals surface area contributed by atoms with E-state index < -0.39 is 11.9 Å². The fourth-order valence-corrected chi connectivity index (χ4v) is 1.56. The van der Waals surface area contributed by atoms with Gasteiger partial charge in [-0.05, 0) is 15.9 Å². The highest BCUT2D eigenvalue weighted by atomic mass is 79.9. The predicted molar refractivity (Wildman–Crippen MR) is 43.7 cm³/mol. The smallest absolute Gasteiger partial charge is 0.260 e. The quantitative estimate of drug-likeness (QED) is 0.580. The average molecular weight is 270 g/mol. The van der Waals surface area contributed by atoms with Crippen molar-refractivity contribution in [2.24, 2.45) is 12.0 Å². The fourth-order valence-electron chi connectivity index (χ4n) is 0.907. The summed E-state index contributed by atoms with van der Waals surface area (Å²) in [6.45, 7) is 0. The summed E-state index contributed by atoms with van der Waals surface area (Å²) in [6, 6.07) is 0. The topological polar surface area (TPSA) is 47.2 Å². The first-order valence-electron chi connectivity index (χ1n) is 3.25. The van der Waals surface area contributed by atoms with Crippen molar-refractivity contribution in [3.05, 3.63) is 10.2 Å². The lowest BCUT2D eigenvalue weighted by atomic mass is 10.4. The Bertz CT molecular complexity index is 405. The molecule has 1 heterocycles. The van der Waals surface area contributed by atoms with Gasteiger partial charge in [0.05, 0.1) is 4.47 Å². The van der Waals surface area contributed by atoms with Gasteiger partial charge in [-0.3, -0.25) is 4.68 Å². The van der Waals surface area contributed by atoms with Crippen LogP contribution in [0, 0.1) is 0 Å². The second kappa shape index (κ2) is 3.55. The van der Waals surface area contributed by atoms with Crippen molar-refractivity contribution in [3.8, 4) is 0 Å². The molecule has 0 amide bonds. The molecule has 0 spiro atoms. The van der Waals surface area contributed by atoms with Crippen LogP contribution < -0.4 is 0 Å². The minimum Gasteiger partial charge on any atom is -0.260 e. The Morgan fingerprint density at radius 1 is 1.57 bits per heavy atom. The van der Waals surface area contributed by atoms with E-state index in [0.29, 0.717) is 4.68 Å². The molecule has 0 atom stereocenters. The molecule has 0 aromatic carbocycles. The molecule has 0 aliphatic carbocycles. The predicted octanol–water partition coefficient (Wildman–Crippen LogP) is 2.17. The van der Waals surface area contributed by atoms with E-state index in [1.54, 1.807) is 0 Å². The molecular weight excluding hydrogens is 267 g/mol. The fraction of sp³-hybridized carbons (Fsp3) is 0.333. The third kappa shape index (κ3) is 1.85. The van der Waals surface area contributed by atoms with Crippen LogP contribution in [0.4, 0.5) is 19.0 Å². The molecular formula is C6H3BrF3N3O. The molecule has 1 aromatic heterocycles. The zero-order chi connectivity index (χ0) is 10.9. The van der Waals surface area contributed by atoms with Gasteiger partial charge in [0.15, 0.2) is 5.69 Å². The van der Waals surface area contributed by atoms with Crippen molar-refractivity contribution in [1.82, 2.24) is 9.78 Å². The number of carbonyl (C=O) groups excluding carboxylic acids is 1. The Balaban J connectivity index is 3.39. The number of aliphatic imine (C=N–C) groups is 1. The first kappa shape index (κ1) is 10.9. The molecule has 76 valence electrons. The van der Waals surface area contributed by atoms with Crippen LogP contribution in [0.3, 0.4) is 0 Å². The number of nitrogens with zero attached hydrogens (tertiary/aromatic N) is 3. The van der Waals surface area contributed by atoms with Crippen LogP contribution in [0.5, 0.6) is 0 Å². The van der Waals surface area contributed by atoms with Gasteiger partial charge in [0.25, 0.3) is 0 Å². The molecule has 0 fully saturated rings. The molecule has 4 nitrogen and oxygen atoms in total. The molecule has 0 saturated heterocycles. The van der Waals surface area contributed by atoms with Gasteiger partial charge in [-0.25, -0.2) is 4.79 Å². The van der Waals surface area contributed by atoms with E-state index >= 15 is 0 Å². The Kier molecular flexibility index (Phi) is 2.77. The zero-order valence-corrected chi connectivity index (χ0v) is 8.35. The van der Waals surface area contributed by atoms with Gasteiger partial charge in [0.1, 0.15) is 0 Å². The minimum atomic E-state index is -4.54.